The van der Waals surface area contributed by atoms with Crippen molar-refractivity contribution in [3.63, 3.8) is 0 Å². The minimum atomic E-state index is 0.0752. The largest absolute Gasteiger partial charge is 0.483 e. The first-order valence-electron chi connectivity index (χ1n) is 10.4. The Balaban J connectivity index is 1.41. The summed E-state index contributed by atoms with van der Waals surface area (Å²) in [6, 6.07) is 14.5. The van der Waals surface area contributed by atoms with Gasteiger partial charge in [0.1, 0.15) is 5.75 Å². The van der Waals surface area contributed by atoms with Crippen LogP contribution in [0, 0.1) is 0 Å². The number of likely N-dealkylation sites (tertiary alicyclic amines) is 1. The van der Waals surface area contributed by atoms with Gasteiger partial charge >= 0.3 is 0 Å². The van der Waals surface area contributed by atoms with Crippen molar-refractivity contribution in [3.8, 4) is 5.75 Å². The summed E-state index contributed by atoms with van der Waals surface area (Å²) in [7, 11) is 0. The molecule has 1 aromatic heterocycles. The Morgan fingerprint density at radius 2 is 2.07 bits per heavy atom. The topological polar surface area (TPSA) is 70.2 Å². The van der Waals surface area contributed by atoms with Crippen LogP contribution in [-0.4, -0.2) is 40.7 Å². The van der Waals surface area contributed by atoms with Crippen molar-refractivity contribution in [2.24, 2.45) is 0 Å². The van der Waals surface area contributed by atoms with Gasteiger partial charge in [0.05, 0.1) is 11.7 Å². The number of benzene rings is 2. The Labute approximate surface area is 171 Å². The maximum absolute atomic E-state index is 12.3. The van der Waals surface area contributed by atoms with Crippen molar-refractivity contribution in [2.75, 3.05) is 19.7 Å². The molecule has 1 aliphatic rings. The number of aromatic nitrogens is 2. The Bertz CT molecular complexity index is 962. The highest BCUT2D eigenvalue weighted by Gasteiger charge is 2.20. The van der Waals surface area contributed by atoms with E-state index in [1.165, 1.54) is 5.56 Å². The van der Waals surface area contributed by atoms with E-state index in [4.69, 9.17) is 4.74 Å². The van der Waals surface area contributed by atoms with Gasteiger partial charge in [0.25, 0.3) is 5.91 Å². The van der Waals surface area contributed by atoms with Gasteiger partial charge < -0.3 is 15.0 Å². The molecule has 6 nitrogen and oxygen atoms in total. The molecule has 1 saturated heterocycles. The smallest absolute Gasteiger partial charge is 0.260 e. The molecule has 1 atom stereocenters. The summed E-state index contributed by atoms with van der Waals surface area (Å²) < 4.78 is 5.95. The van der Waals surface area contributed by atoms with E-state index >= 15 is 0 Å². The molecular formula is C23H28N4O2. The summed E-state index contributed by atoms with van der Waals surface area (Å²) in [5.41, 5.74) is 3.33. The van der Waals surface area contributed by atoms with E-state index in [2.05, 4.69) is 46.7 Å². The quantitative estimate of drug-likeness (QED) is 0.612. The molecule has 1 fully saturated rings. The normalized spacial score (nSPS) is 15.0. The first-order chi connectivity index (χ1) is 14.2. The van der Waals surface area contributed by atoms with Gasteiger partial charge in [-0.15, -0.1) is 0 Å². The van der Waals surface area contributed by atoms with Gasteiger partial charge in [0, 0.05) is 36.6 Å². The van der Waals surface area contributed by atoms with Crippen molar-refractivity contribution in [2.45, 2.75) is 38.8 Å². The van der Waals surface area contributed by atoms with Crippen molar-refractivity contribution in [3.05, 3.63) is 59.8 Å². The maximum atomic E-state index is 12.3. The van der Waals surface area contributed by atoms with Gasteiger partial charge in [0.15, 0.2) is 6.61 Å². The maximum Gasteiger partial charge on any atom is 0.260 e. The fraction of sp³-hybridized carbons (Fsp3) is 0.391. The van der Waals surface area contributed by atoms with Crippen LogP contribution in [0.4, 0.5) is 0 Å². The number of ether oxygens (including phenoxy) is 1. The molecular weight excluding hydrogens is 364 g/mol. The van der Waals surface area contributed by atoms with Gasteiger partial charge in [-0.3, -0.25) is 9.89 Å². The average Bonchev–Trinajstić information content (AvgIpc) is 3.45. The molecule has 1 aliphatic heterocycles. The number of rotatable bonds is 8. The summed E-state index contributed by atoms with van der Waals surface area (Å²) >= 11 is 0. The monoisotopic (exact) mass is 392 g/mol. The fourth-order valence-corrected chi connectivity index (χ4v) is 3.91. The van der Waals surface area contributed by atoms with Crippen LogP contribution in [0.2, 0.25) is 0 Å². The number of hydrogen-bond acceptors (Lipinski definition) is 4. The Hall–Kier alpha value is -2.86. The zero-order valence-corrected chi connectivity index (χ0v) is 16.9. The molecule has 0 spiro atoms. The molecule has 2 heterocycles. The lowest BCUT2D eigenvalue weighted by Crippen LogP contribution is -2.32. The molecule has 2 aromatic carbocycles. The van der Waals surface area contributed by atoms with Gasteiger partial charge in [-0.05, 0) is 37.0 Å². The van der Waals surface area contributed by atoms with Crippen LogP contribution in [0.25, 0.3) is 10.9 Å². The number of carbonyl (C=O) groups excluding carboxylic acids is 1. The Morgan fingerprint density at radius 3 is 2.90 bits per heavy atom. The zero-order valence-electron chi connectivity index (χ0n) is 16.9. The average molecular weight is 393 g/mol. The lowest BCUT2D eigenvalue weighted by atomic mass is 10.0. The predicted octanol–water partition coefficient (Wildman–Crippen LogP) is 3.81. The van der Waals surface area contributed by atoms with E-state index in [1.54, 1.807) is 0 Å². The first-order valence-corrected chi connectivity index (χ1v) is 10.4. The molecule has 0 bridgehead atoms. The van der Waals surface area contributed by atoms with E-state index in [0.717, 1.165) is 61.1 Å². The third-order valence-corrected chi connectivity index (χ3v) is 5.57. The molecule has 6 heteroatoms. The molecule has 0 aliphatic carbocycles. The number of aromatic amines is 1. The number of para-hydroxylation sites is 1. The highest BCUT2D eigenvalue weighted by molar-refractivity contribution is 5.78. The summed E-state index contributed by atoms with van der Waals surface area (Å²) in [5.74, 6) is 0.856. The van der Waals surface area contributed by atoms with Crippen molar-refractivity contribution in [1.82, 2.24) is 20.4 Å². The number of H-pyrrole nitrogens is 1. The molecule has 1 amide bonds. The third kappa shape index (κ3) is 4.59. The van der Waals surface area contributed by atoms with Crippen LogP contribution in [-0.2, 0) is 11.3 Å². The highest BCUT2D eigenvalue weighted by Crippen LogP contribution is 2.28. The molecule has 4 rings (SSSR count). The van der Waals surface area contributed by atoms with Crippen molar-refractivity contribution < 1.29 is 9.53 Å². The van der Waals surface area contributed by atoms with Crippen molar-refractivity contribution in [1.29, 1.82) is 0 Å². The van der Waals surface area contributed by atoms with Crippen LogP contribution in [0.15, 0.2) is 48.7 Å². The van der Waals surface area contributed by atoms with Gasteiger partial charge in [-0.1, -0.05) is 37.3 Å². The molecule has 3 aromatic rings. The fourth-order valence-electron chi connectivity index (χ4n) is 3.91. The molecule has 29 heavy (non-hydrogen) atoms. The third-order valence-electron chi connectivity index (χ3n) is 5.57. The predicted molar refractivity (Wildman–Crippen MR) is 114 cm³/mol. The molecule has 0 saturated carbocycles. The summed E-state index contributed by atoms with van der Waals surface area (Å²) in [5, 5.41) is 11.8. The van der Waals surface area contributed by atoms with Crippen LogP contribution in [0.5, 0.6) is 5.75 Å². The van der Waals surface area contributed by atoms with Crippen LogP contribution in [0.3, 0.4) is 0 Å². The number of nitrogens with zero attached hydrogens (tertiary/aromatic N) is 2. The molecule has 2 N–H and O–H groups in total. The summed E-state index contributed by atoms with van der Waals surface area (Å²) in [4.78, 5) is 14.2. The lowest BCUT2D eigenvalue weighted by Gasteiger charge is -2.22. The second kappa shape index (κ2) is 9.09. The van der Waals surface area contributed by atoms with E-state index in [-0.39, 0.29) is 18.6 Å². The summed E-state index contributed by atoms with van der Waals surface area (Å²) in [6.45, 7) is 4.70. The van der Waals surface area contributed by atoms with Gasteiger partial charge in [0.2, 0.25) is 0 Å². The number of carbonyl (C=O) groups is 1. The Morgan fingerprint density at radius 1 is 1.24 bits per heavy atom. The van der Waals surface area contributed by atoms with E-state index in [0.29, 0.717) is 0 Å². The van der Waals surface area contributed by atoms with Crippen LogP contribution in [0.1, 0.15) is 43.4 Å². The number of amides is 1. The minimum absolute atomic E-state index is 0.0752. The lowest BCUT2D eigenvalue weighted by molar-refractivity contribution is -0.132. The van der Waals surface area contributed by atoms with E-state index in [9.17, 15) is 4.79 Å². The van der Waals surface area contributed by atoms with E-state index < -0.39 is 0 Å². The zero-order chi connectivity index (χ0) is 20.1. The molecule has 1 unspecified atom stereocenters. The molecule has 0 radical (unpaired) electrons. The second-order valence-electron chi connectivity index (χ2n) is 7.55. The minimum Gasteiger partial charge on any atom is -0.483 e. The first kappa shape index (κ1) is 19.5. The second-order valence-corrected chi connectivity index (χ2v) is 7.55. The van der Waals surface area contributed by atoms with Gasteiger partial charge in [-0.2, -0.15) is 5.10 Å². The number of fused-ring (bicyclic) bond motifs is 1. The number of hydrogen-bond donors (Lipinski definition) is 2. The van der Waals surface area contributed by atoms with Crippen LogP contribution < -0.4 is 10.1 Å². The summed E-state index contributed by atoms with van der Waals surface area (Å²) in [6.07, 6.45) is 4.94. The standard InChI is InChI=1S/C23H28N4O2/c1-2-20(24-14-17-9-10-18-15-25-26-21(18)13-17)19-7-3-4-8-22(19)29-16-23(28)27-11-5-6-12-27/h3-4,7-10,13,15,20,24H,2,5-6,11-12,14,16H2,1H3,(H,25,26). The van der Waals surface area contributed by atoms with Crippen LogP contribution >= 0.6 is 0 Å². The Kier molecular flexibility index (Phi) is 6.10. The SMILES string of the molecule is CCC(NCc1ccc2cn[nH]c2c1)c1ccccc1OCC(=O)N1CCCC1. The van der Waals surface area contributed by atoms with Gasteiger partial charge in [-0.25, -0.2) is 0 Å². The molecule has 152 valence electrons. The highest BCUT2D eigenvalue weighted by atomic mass is 16.5. The number of nitrogens with one attached hydrogen (secondary N) is 2. The van der Waals surface area contributed by atoms with E-state index in [1.807, 2.05) is 29.3 Å². The van der Waals surface area contributed by atoms with Crippen molar-refractivity contribution >= 4 is 16.8 Å².